The van der Waals surface area contributed by atoms with Crippen LogP contribution >= 0.6 is 11.6 Å². The summed E-state index contributed by atoms with van der Waals surface area (Å²) in [6, 6.07) is 16.5. The van der Waals surface area contributed by atoms with E-state index in [4.69, 9.17) is 21.1 Å². The minimum Gasteiger partial charge on any atom is -0.494 e. The molecule has 0 bridgehead atoms. The van der Waals surface area contributed by atoms with Crippen molar-refractivity contribution >= 4 is 29.2 Å². The lowest BCUT2D eigenvalue weighted by Crippen LogP contribution is -2.18. The predicted octanol–water partition coefficient (Wildman–Crippen LogP) is 5.20. The third-order valence-corrected chi connectivity index (χ3v) is 4.84. The van der Waals surface area contributed by atoms with Crippen molar-refractivity contribution in [2.75, 3.05) is 18.5 Å². The first-order valence-electron chi connectivity index (χ1n) is 10.1. The van der Waals surface area contributed by atoms with E-state index in [0.29, 0.717) is 28.9 Å². The van der Waals surface area contributed by atoms with E-state index < -0.39 is 5.97 Å². The molecule has 3 aromatic rings. The highest BCUT2D eigenvalue weighted by molar-refractivity contribution is 6.31. The van der Waals surface area contributed by atoms with Gasteiger partial charge in [-0.1, -0.05) is 41.4 Å². The van der Waals surface area contributed by atoms with Gasteiger partial charge in [-0.05, 0) is 56.7 Å². The van der Waals surface area contributed by atoms with Gasteiger partial charge in [0.1, 0.15) is 10.9 Å². The van der Waals surface area contributed by atoms with Crippen LogP contribution in [0.3, 0.4) is 0 Å². The SMILES string of the molecule is CCOC(=O)c1c(NC(=O)Cc2cccc(OCC)c2)cc(Cl)n1-c1ccc(C)cc1. The number of benzene rings is 2. The molecule has 0 saturated carbocycles. The van der Waals surface area contributed by atoms with Crippen molar-refractivity contribution < 1.29 is 19.1 Å². The van der Waals surface area contributed by atoms with Crippen LogP contribution < -0.4 is 10.1 Å². The first kappa shape index (κ1) is 22.4. The molecular weight excluding hydrogens is 416 g/mol. The Kier molecular flexibility index (Phi) is 7.36. The molecule has 0 fully saturated rings. The van der Waals surface area contributed by atoms with E-state index >= 15 is 0 Å². The number of carbonyl (C=O) groups is 2. The van der Waals surface area contributed by atoms with Gasteiger partial charge in [-0.15, -0.1) is 0 Å². The summed E-state index contributed by atoms with van der Waals surface area (Å²) in [7, 11) is 0. The summed E-state index contributed by atoms with van der Waals surface area (Å²) in [5, 5.41) is 3.10. The van der Waals surface area contributed by atoms with Crippen LogP contribution in [0.5, 0.6) is 5.75 Å². The fourth-order valence-electron chi connectivity index (χ4n) is 3.21. The minimum atomic E-state index is -0.566. The van der Waals surface area contributed by atoms with Crippen LogP contribution in [-0.2, 0) is 16.0 Å². The fraction of sp³-hybridized carbons (Fsp3) is 0.250. The number of nitrogens with zero attached hydrogens (tertiary/aromatic N) is 1. The molecule has 0 unspecified atom stereocenters. The Balaban J connectivity index is 1.90. The Morgan fingerprint density at radius 3 is 2.45 bits per heavy atom. The van der Waals surface area contributed by atoms with E-state index in [1.807, 2.05) is 62.4 Å². The summed E-state index contributed by atoms with van der Waals surface area (Å²) in [5.41, 5.74) is 3.04. The second kappa shape index (κ2) is 10.2. The number of aromatic nitrogens is 1. The number of carbonyl (C=O) groups excluding carboxylic acids is 2. The van der Waals surface area contributed by atoms with Crippen molar-refractivity contribution in [3.8, 4) is 11.4 Å². The highest BCUT2D eigenvalue weighted by Gasteiger charge is 2.24. The summed E-state index contributed by atoms with van der Waals surface area (Å²) < 4.78 is 12.3. The molecule has 1 amide bonds. The topological polar surface area (TPSA) is 69.6 Å². The van der Waals surface area contributed by atoms with Gasteiger partial charge in [-0.3, -0.25) is 9.36 Å². The summed E-state index contributed by atoms with van der Waals surface area (Å²) in [5.74, 6) is -0.144. The third kappa shape index (κ3) is 5.47. The van der Waals surface area contributed by atoms with E-state index in [1.165, 1.54) is 0 Å². The molecule has 0 aliphatic heterocycles. The molecule has 0 atom stereocenters. The van der Waals surface area contributed by atoms with Crippen molar-refractivity contribution in [2.45, 2.75) is 27.2 Å². The summed E-state index contributed by atoms with van der Waals surface area (Å²) in [6.45, 7) is 6.34. The molecular formula is C24H25ClN2O4. The van der Waals surface area contributed by atoms with E-state index in [-0.39, 0.29) is 24.6 Å². The molecule has 31 heavy (non-hydrogen) atoms. The number of aryl methyl sites for hydroxylation is 1. The van der Waals surface area contributed by atoms with Crippen molar-refractivity contribution in [1.29, 1.82) is 0 Å². The molecule has 1 aromatic heterocycles. The van der Waals surface area contributed by atoms with Crippen LogP contribution in [0, 0.1) is 6.92 Å². The molecule has 1 heterocycles. The lowest BCUT2D eigenvalue weighted by Gasteiger charge is -2.12. The standard InChI is InChI=1S/C24H25ClN2O4/c1-4-30-19-8-6-7-17(13-19)14-22(28)26-20-15-21(25)27(23(20)24(29)31-5-2)18-11-9-16(3)10-12-18/h6-13,15H,4-5,14H2,1-3H3,(H,26,28). The van der Waals surface area contributed by atoms with Crippen molar-refractivity contribution in [2.24, 2.45) is 0 Å². The van der Waals surface area contributed by atoms with Gasteiger partial charge in [0, 0.05) is 5.69 Å². The Hall–Kier alpha value is -3.25. The molecule has 162 valence electrons. The Bertz CT molecular complexity index is 1070. The van der Waals surface area contributed by atoms with Gasteiger partial charge in [0.2, 0.25) is 5.91 Å². The number of ether oxygens (including phenoxy) is 2. The molecule has 0 radical (unpaired) electrons. The zero-order chi connectivity index (χ0) is 22.4. The van der Waals surface area contributed by atoms with Crippen molar-refractivity contribution in [3.05, 3.63) is 76.6 Å². The normalized spacial score (nSPS) is 10.6. The molecule has 0 spiro atoms. The smallest absolute Gasteiger partial charge is 0.357 e. The number of halogens is 1. The molecule has 1 N–H and O–H groups in total. The number of anilines is 1. The molecule has 0 aliphatic rings. The van der Waals surface area contributed by atoms with Crippen LogP contribution in [0.1, 0.15) is 35.5 Å². The summed E-state index contributed by atoms with van der Waals surface area (Å²) in [4.78, 5) is 25.5. The number of rotatable bonds is 8. The highest BCUT2D eigenvalue weighted by atomic mass is 35.5. The maximum absolute atomic E-state index is 12.7. The molecule has 7 heteroatoms. The second-order valence-electron chi connectivity index (χ2n) is 6.93. The third-order valence-electron chi connectivity index (χ3n) is 4.56. The van der Waals surface area contributed by atoms with Crippen molar-refractivity contribution in [3.63, 3.8) is 0 Å². The van der Waals surface area contributed by atoms with Crippen LogP contribution in [0.4, 0.5) is 5.69 Å². The van der Waals surface area contributed by atoms with Crippen LogP contribution in [0.25, 0.3) is 5.69 Å². The molecule has 6 nitrogen and oxygen atoms in total. The first-order chi connectivity index (χ1) is 14.9. The quantitative estimate of drug-likeness (QED) is 0.489. The number of nitrogens with one attached hydrogen (secondary N) is 1. The first-order valence-corrected chi connectivity index (χ1v) is 10.5. The van der Waals surface area contributed by atoms with Gasteiger partial charge in [-0.2, -0.15) is 0 Å². The fourth-order valence-corrected chi connectivity index (χ4v) is 3.50. The molecule has 3 rings (SSSR count). The van der Waals surface area contributed by atoms with Crippen LogP contribution in [0.2, 0.25) is 5.15 Å². The van der Waals surface area contributed by atoms with Gasteiger partial charge in [0.25, 0.3) is 0 Å². The maximum atomic E-state index is 12.7. The van der Waals surface area contributed by atoms with Gasteiger partial charge >= 0.3 is 5.97 Å². The van der Waals surface area contributed by atoms with E-state index in [0.717, 1.165) is 11.1 Å². The average molecular weight is 441 g/mol. The minimum absolute atomic E-state index is 0.122. The molecule has 2 aromatic carbocycles. The number of amides is 1. The monoisotopic (exact) mass is 440 g/mol. The van der Waals surface area contributed by atoms with E-state index in [2.05, 4.69) is 5.32 Å². The van der Waals surface area contributed by atoms with Crippen LogP contribution in [0.15, 0.2) is 54.6 Å². The van der Waals surface area contributed by atoms with Gasteiger partial charge < -0.3 is 14.8 Å². The second-order valence-corrected chi connectivity index (χ2v) is 7.31. The summed E-state index contributed by atoms with van der Waals surface area (Å²) >= 11 is 6.46. The van der Waals surface area contributed by atoms with Gasteiger partial charge in [-0.25, -0.2) is 4.79 Å². The van der Waals surface area contributed by atoms with Crippen LogP contribution in [-0.4, -0.2) is 29.7 Å². The van der Waals surface area contributed by atoms with E-state index in [1.54, 1.807) is 17.6 Å². The molecule has 0 aliphatic carbocycles. The lowest BCUT2D eigenvalue weighted by atomic mass is 10.1. The zero-order valence-electron chi connectivity index (χ0n) is 17.8. The van der Waals surface area contributed by atoms with Crippen molar-refractivity contribution in [1.82, 2.24) is 4.57 Å². The average Bonchev–Trinajstić information content (AvgIpc) is 3.05. The van der Waals surface area contributed by atoms with Gasteiger partial charge in [0.05, 0.1) is 25.3 Å². The Labute approximate surface area is 186 Å². The number of hydrogen-bond acceptors (Lipinski definition) is 4. The maximum Gasteiger partial charge on any atom is 0.357 e. The Morgan fingerprint density at radius 2 is 1.77 bits per heavy atom. The summed E-state index contributed by atoms with van der Waals surface area (Å²) in [6.07, 6.45) is 0.122. The number of hydrogen-bond donors (Lipinski definition) is 1. The highest BCUT2D eigenvalue weighted by Crippen LogP contribution is 2.30. The van der Waals surface area contributed by atoms with E-state index in [9.17, 15) is 9.59 Å². The Morgan fingerprint density at radius 1 is 1.03 bits per heavy atom. The largest absolute Gasteiger partial charge is 0.494 e. The molecule has 0 saturated heterocycles. The zero-order valence-corrected chi connectivity index (χ0v) is 18.5. The van der Waals surface area contributed by atoms with Gasteiger partial charge in [0.15, 0.2) is 5.69 Å². The lowest BCUT2D eigenvalue weighted by molar-refractivity contribution is -0.115. The number of esters is 1. The predicted molar refractivity (Wildman–Crippen MR) is 121 cm³/mol.